The van der Waals surface area contributed by atoms with Crippen LogP contribution < -0.4 is 5.32 Å². The lowest BCUT2D eigenvalue weighted by molar-refractivity contribution is 0.665. The maximum atomic E-state index is 4.36. The molecule has 0 saturated carbocycles. The molecule has 1 saturated heterocycles. The van der Waals surface area contributed by atoms with E-state index in [0.29, 0.717) is 5.25 Å². The van der Waals surface area contributed by atoms with Gasteiger partial charge in [-0.15, -0.1) is 21.5 Å². The van der Waals surface area contributed by atoms with Crippen LogP contribution in [0.1, 0.15) is 47.9 Å². The molecule has 1 atom stereocenters. The Morgan fingerprint density at radius 2 is 2.24 bits per heavy atom. The average Bonchev–Trinajstić information content (AvgIpc) is 2.85. The summed E-state index contributed by atoms with van der Waals surface area (Å²) in [4.78, 5) is 0. The van der Waals surface area contributed by atoms with Crippen LogP contribution in [0.2, 0.25) is 0 Å². The lowest BCUT2D eigenvalue weighted by Gasteiger charge is -2.17. The van der Waals surface area contributed by atoms with Crippen molar-refractivity contribution in [1.29, 1.82) is 0 Å². The largest absolute Gasteiger partial charge is 0.316 e. The molecule has 0 aromatic carbocycles. The van der Waals surface area contributed by atoms with Crippen molar-refractivity contribution in [1.82, 2.24) is 15.5 Å². The second kappa shape index (κ2) is 7.34. The highest BCUT2D eigenvalue weighted by Gasteiger charge is 2.19. The molecular formula is C12H21N3S2. The Hall–Kier alpha value is -0.130. The Balaban J connectivity index is 1.78. The van der Waals surface area contributed by atoms with Gasteiger partial charge in [-0.1, -0.05) is 13.3 Å². The summed E-state index contributed by atoms with van der Waals surface area (Å²) in [5.41, 5.74) is 0. The first-order chi connectivity index (χ1) is 8.40. The van der Waals surface area contributed by atoms with Crippen LogP contribution in [0.4, 0.5) is 0 Å². The third-order valence-electron chi connectivity index (χ3n) is 2.88. The Bertz CT molecular complexity index is 321. The van der Waals surface area contributed by atoms with Gasteiger partial charge in [0.1, 0.15) is 10.0 Å². The fourth-order valence-corrected chi connectivity index (χ4v) is 4.32. The Labute approximate surface area is 112 Å². The summed E-state index contributed by atoms with van der Waals surface area (Å²) in [6.07, 6.45) is 6.22. The fourth-order valence-electron chi connectivity index (χ4n) is 1.93. The molecule has 1 unspecified atom stereocenters. The number of nitrogens with zero attached hydrogens (tertiary/aromatic N) is 2. The highest BCUT2D eigenvalue weighted by atomic mass is 32.2. The van der Waals surface area contributed by atoms with Crippen LogP contribution in [-0.4, -0.2) is 29.0 Å². The number of rotatable bonds is 6. The molecule has 5 heteroatoms. The number of nitrogens with one attached hydrogen (secondary N) is 1. The van der Waals surface area contributed by atoms with Gasteiger partial charge in [0, 0.05) is 13.0 Å². The zero-order valence-electron chi connectivity index (χ0n) is 10.4. The van der Waals surface area contributed by atoms with Crippen molar-refractivity contribution in [3.63, 3.8) is 0 Å². The maximum absolute atomic E-state index is 4.36. The molecule has 0 radical (unpaired) electrons. The van der Waals surface area contributed by atoms with Crippen LogP contribution in [0, 0.1) is 0 Å². The summed E-state index contributed by atoms with van der Waals surface area (Å²) in [6.45, 7) is 4.32. The van der Waals surface area contributed by atoms with Crippen molar-refractivity contribution in [2.24, 2.45) is 0 Å². The summed E-state index contributed by atoms with van der Waals surface area (Å²) < 4.78 is 0. The smallest absolute Gasteiger partial charge is 0.130 e. The lowest BCUT2D eigenvalue weighted by Crippen LogP contribution is -2.17. The SMILES string of the molecule is CCCNCCc1nnc(C2CCCCS2)s1. The highest BCUT2D eigenvalue weighted by Crippen LogP contribution is 2.39. The van der Waals surface area contributed by atoms with E-state index in [1.165, 1.54) is 41.5 Å². The normalized spacial score (nSPS) is 20.6. The molecule has 17 heavy (non-hydrogen) atoms. The number of thioether (sulfide) groups is 1. The first-order valence-corrected chi connectivity index (χ1v) is 8.41. The molecule has 0 spiro atoms. The van der Waals surface area contributed by atoms with Crippen LogP contribution in [0.5, 0.6) is 0 Å². The molecule has 3 nitrogen and oxygen atoms in total. The predicted molar refractivity (Wildman–Crippen MR) is 75.8 cm³/mol. The third-order valence-corrected chi connectivity index (χ3v) is 5.51. The van der Waals surface area contributed by atoms with E-state index < -0.39 is 0 Å². The van der Waals surface area contributed by atoms with Gasteiger partial charge in [-0.05, 0) is 31.6 Å². The first kappa shape index (κ1) is 13.3. The van der Waals surface area contributed by atoms with Gasteiger partial charge in [-0.25, -0.2) is 0 Å². The molecule has 0 bridgehead atoms. The van der Waals surface area contributed by atoms with E-state index in [1.54, 1.807) is 0 Å². The van der Waals surface area contributed by atoms with Crippen LogP contribution in [0.15, 0.2) is 0 Å². The molecule has 0 aliphatic carbocycles. The van der Waals surface area contributed by atoms with E-state index in [9.17, 15) is 0 Å². The third kappa shape index (κ3) is 4.23. The Morgan fingerprint density at radius 1 is 1.29 bits per heavy atom. The summed E-state index contributed by atoms with van der Waals surface area (Å²) in [7, 11) is 0. The van der Waals surface area contributed by atoms with E-state index in [-0.39, 0.29) is 0 Å². The first-order valence-electron chi connectivity index (χ1n) is 6.54. The zero-order chi connectivity index (χ0) is 11.9. The van der Waals surface area contributed by atoms with E-state index in [1.807, 2.05) is 11.3 Å². The van der Waals surface area contributed by atoms with Crippen LogP contribution in [0.25, 0.3) is 0 Å². The van der Waals surface area contributed by atoms with Gasteiger partial charge in [0.25, 0.3) is 0 Å². The van der Waals surface area contributed by atoms with E-state index in [4.69, 9.17) is 0 Å². The zero-order valence-corrected chi connectivity index (χ0v) is 12.1. The molecule has 1 aromatic rings. The summed E-state index contributed by atoms with van der Waals surface area (Å²) >= 11 is 3.87. The number of aromatic nitrogens is 2. The molecule has 1 aromatic heterocycles. The van der Waals surface area contributed by atoms with Crippen molar-refractivity contribution >= 4 is 23.1 Å². The second-order valence-electron chi connectivity index (χ2n) is 4.39. The van der Waals surface area contributed by atoms with Gasteiger partial charge < -0.3 is 5.32 Å². The van der Waals surface area contributed by atoms with Crippen LogP contribution in [0.3, 0.4) is 0 Å². The minimum Gasteiger partial charge on any atom is -0.316 e. The monoisotopic (exact) mass is 271 g/mol. The molecule has 96 valence electrons. The molecule has 2 rings (SSSR count). The second-order valence-corrected chi connectivity index (χ2v) is 6.79. The molecule has 1 aliphatic rings. The summed E-state index contributed by atoms with van der Waals surface area (Å²) in [5.74, 6) is 1.29. The van der Waals surface area contributed by atoms with Gasteiger partial charge >= 0.3 is 0 Å². The molecule has 1 aliphatic heterocycles. The van der Waals surface area contributed by atoms with Gasteiger partial charge in [-0.3, -0.25) is 0 Å². The van der Waals surface area contributed by atoms with Crippen molar-refractivity contribution in [2.75, 3.05) is 18.8 Å². The minimum atomic E-state index is 0.624. The van der Waals surface area contributed by atoms with Crippen LogP contribution >= 0.6 is 23.1 Å². The quantitative estimate of drug-likeness (QED) is 0.807. The van der Waals surface area contributed by atoms with E-state index >= 15 is 0 Å². The van der Waals surface area contributed by atoms with Gasteiger partial charge in [0.2, 0.25) is 0 Å². The van der Waals surface area contributed by atoms with Crippen LogP contribution in [-0.2, 0) is 6.42 Å². The minimum absolute atomic E-state index is 0.624. The maximum Gasteiger partial charge on any atom is 0.130 e. The van der Waals surface area contributed by atoms with Crippen molar-refractivity contribution in [2.45, 2.75) is 44.3 Å². The van der Waals surface area contributed by atoms with E-state index in [0.717, 1.165) is 19.5 Å². The Morgan fingerprint density at radius 3 is 3.00 bits per heavy atom. The number of hydrogen-bond acceptors (Lipinski definition) is 5. The molecule has 2 heterocycles. The number of hydrogen-bond donors (Lipinski definition) is 1. The fraction of sp³-hybridized carbons (Fsp3) is 0.833. The molecule has 0 amide bonds. The topological polar surface area (TPSA) is 37.8 Å². The molecule has 1 fully saturated rings. The van der Waals surface area contributed by atoms with E-state index in [2.05, 4.69) is 34.2 Å². The van der Waals surface area contributed by atoms with Gasteiger partial charge in [-0.2, -0.15) is 11.8 Å². The highest BCUT2D eigenvalue weighted by molar-refractivity contribution is 7.99. The predicted octanol–water partition coefficient (Wildman–Crippen LogP) is 3.04. The summed E-state index contributed by atoms with van der Waals surface area (Å²) in [6, 6.07) is 0. The van der Waals surface area contributed by atoms with Crippen molar-refractivity contribution in [3.05, 3.63) is 10.0 Å². The van der Waals surface area contributed by atoms with Gasteiger partial charge in [0.15, 0.2) is 0 Å². The lowest BCUT2D eigenvalue weighted by atomic mass is 10.2. The van der Waals surface area contributed by atoms with Gasteiger partial charge in [0.05, 0.1) is 5.25 Å². The standard InChI is InChI=1S/C12H21N3S2/c1-2-7-13-8-6-11-14-15-12(17-11)10-5-3-4-9-16-10/h10,13H,2-9H2,1H3. The molecular weight excluding hydrogens is 250 g/mol. The molecule has 1 N–H and O–H groups in total. The Kier molecular flexibility index (Phi) is 5.74. The average molecular weight is 271 g/mol. The van der Waals surface area contributed by atoms with Crippen molar-refractivity contribution in [3.8, 4) is 0 Å². The van der Waals surface area contributed by atoms with Crippen molar-refractivity contribution < 1.29 is 0 Å². The summed E-state index contributed by atoms with van der Waals surface area (Å²) in [5, 5.41) is 15.1.